The predicted molar refractivity (Wildman–Crippen MR) is 67.8 cm³/mol. The first-order chi connectivity index (χ1) is 8.70. The van der Waals surface area contributed by atoms with Gasteiger partial charge >= 0.3 is 5.97 Å². The Balaban J connectivity index is 1.82. The van der Waals surface area contributed by atoms with E-state index in [9.17, 15) is 4.79 Å². The lowest BCUT2D eigenvalue weighted by atomic mass is 10.4. The Kier molecular flexibility index (Phi) is 4.09. The molecule has 6 nitrogen and oxygen atoms in total. The zero-order chi connectivity index (χ0) is 13.0. The maximum Gasteiger partial charge on any atom is 0.356 e. The SMILES string of the molecule is CCN(CCNc1cncc(C(=O)O)n1)C1CC1. The maximum absolute atomic E-state index is 10.7. The molecule has 0 aromatic carbocycles. The third-order valence-electron chi connectivity index (χ3n) is 3.03. The molecule has 0 atom stereocenters. The normalized spacial score (nSPS) is 14.8. The number of carboxylic acids is 1. The third kappa shape index (κ3) is 3.40. The molecule has 1 aliphatic rings. The predicted octanol–water partition coefficient (Wildman–Crippen LogP) is 1.07. The zero-order valence-electron chi connectivity index (χ0n) is 10.5. The van der Waals surface area contributed by atoms with E-state index in [1.807, 2.05) is 0 Å². The fourth-order valence-electron chi connectivity index (χ4n) is 1.92. The molecule has 1 saturated carbocycles. The number of aromatic nitrogens is 2. The molecular formula is C12H18N4O2. The summed E-state index contributed by atoms with van der Waals surface area (Å²) in [6.45, 7) is 4.90. The molecule has 0 amide bonds. The summed E-state index contributed by atoms with van der Waals surface area (Å²) in [5, 5.41) is 11.9. The second-order valence-corrected chi connectivity index (χ2v) is 4.38. The molecule has 0 spiro atoms. The zero-order valence-corrected chi connectivity index (χ0v) is 10.5. The number of likely N-dealkylation sites (N-methyl/N-ethyl adjacent to an activating group) is 1. The van der Waals surface area contributed by atoms with Crippen molar-refractivity contribution in [2.45, 2.75) is 25.8 Å². The van der Waals surface area contributed by atoms with Crippen molar-refractivity contribution >= 4 is 11.8 Å². The number of carbonyl (C=O) groups is 1. The summed E-state index contributed by atoms with van der Waals surface area (Å²) in [5.41, 5.74) is -0.0328. The summed E-state index contributed by atoms with van der Waals surface area (Å²) in [4.78, 5) is 21.0. The van der Waals surface area contributed by atoms with Gasteiger partial charge in [-0.05, 0) is 19.4 Å². The van der Waals surface area contributed by atoms with Crippen LogP contribution < -0.4 is 5.32 Å². The Hall–Kier alpha value is -1.69. The molecule has 98 valence electrons. The number of hydrogen-bond acceptors (Lipinski definition) is 5. The quantitative estimate of drug-likeness (QED) is 0.753. The first-order valence-electron chi connectivity index (χ1n) is 6.24. The van der Waals surface area contributed by atoms with Crippen LogP contribution in [-0.2, 0) is 0 Å². The van der Waals surface area contributed by atoms with Crippen LogP contribution in [0.25, 0.3) is 0 Å². The second kappa shape index (κ2) is 5.77. The lowest BCUT2D eigenvalue weighted by Crippen LogP contribution is -2.31. The topological polar surface area (TPSA) is 78.4 Å². The minimum atomic E-state index is -1.06. The molecule has 1 aromatic rings. The number of nitrogens with zero attached hydrogens (tertiary/aromatic N) is 3. The lowest BCUT2D eigenvalue weighted by molar-refractivity contribution is 0.0690. The molecular weight excluding hydrogens is 232 g/mol. The van der Waals surface area contributed by atoms with Gasteiger partial charge < -0.3 is 10.4 Å². The van der Waals surface area contributed by atoms with Gasteiger partial charge in [-0.3, -0.25) is 9.88 Å². The van der Waals surface area contributed by atoms with E-state index in [4.69, 9.17) is 5.11 Å². The van der Waals surface area contributed by atoms with Crippen molar-refractivity contribution in [1.29, 1.82) is 0 Å². The highest BCUT2D eigenvalue weighted by atomic mass is 16.4. The van der Waals surface area contributed by atoms with E-state index in [-0.39, 0.29) is 5.69 Å². The van der Waals surface area contributed by atoms with Crippen LogP contribution >= 0.6 is 0 Å². The molecule has 1 aromatic heterocycles. The molecule has 1 fully saturated rings. The molecule has 2 rings (SSSR count). The van der Waals surface area contributed by atoms with Crippen LogP contribution in [0.15, 0.2) is 12.4 Å². The number of rotatable bonds is 7. The Morgan fingerprint density at radius 2 is 2.33 bits per heavy atom. The Bertz CT molecular complexity index is 420. The first kappa shape index (κ1) is 12.8. The van der Waals surface area contributed by atoms with Gasteiger partial charge in [-0.2, -0.15) is 0 Å². The van der Waals surface area contributed by atoms with Gasteiger partial charge in [-0.15, -0.1) is 0 Å². The minimum absolute atomic E-state index is 0.0328. The molecule has 1 heterocycles. The van der Waals surface area contributed by atoms with Crippen LogP contribution in [0.5, 0.6) is 0 Å². The highest BCUT2D eigenvalue weighted by Gasteiger charge is 2.27. The molecule has 0 unspecified atom stereocenters. The standard InChI is InChI=1S/C12H18N4O2/c1-2-16(9-3-4-9)6-5-14-11-8-13-7-10(15-11)12(17)18/h7-9H,2-6H2,1H3,(H,14,15)(H,17,18). The highest BCUT2D eigenvalue weighted by Crippen LogP contribution is 2.25. The van der Waals surface area contributed by atoms with E-state index in [2.05, 4.69) is 27.1 Å². The van der Waals surface area contributed by atoms with E-state index < -0.39 is 5.97 Å². The molecule has 0 saturated heterocycles. The summed E-state index contributed by atoms with van der Waals surface area (Å²) >= 11 is 0. The second-order valence-electron chi connectivity index (χ2n) is 4.38. The van der Waals surface area contributed by atoms with Crippen LogP contribution in [-0.4, -0.2) is 51.6 Å². The van der Waals surface area contributed by atoms with E-state index in [0.29, 0.717) is 5.82 Å². The first-order valence-corrected chi connectivity index (χ1v) is 6.24. The molecule has 6 heteroatoms. The van der Waals surface area contributed by atoms with Crippen LogP contribution in [0, 0.1) is 0 Å². The number of hydrogen-bond donors (Lipinski definition) is 2. The van der Waals surface area contributed by atoms with Crippen LogP contribution in [0.1, 0.15) is 30.3 Å². The summed E-state index contributed by atoms with van der Waals surface area (Å²) in [5.74, 6) is -0.541. The van der Waals surface area contributed by atoms with E-state index >= 15 is 0 Å². The van der Waals surface area contributed by atoms with Gasteiger partial charge in [-0.1, -0.05) is 6.92 Å². The molecule has 0 radical (unpaired) electrons. The van der Waals surface area contributed by atoms with Gasteiger partial charge in [0.15, 0.2) is 5.69 Å². The number of aromatic carboxylic acids is 1. The molecule has 18 heavy (non-hydrogen) atoms. The average Bonchev–Trinajstić information content (AvgIpc) is 3.19. The summed E-state index contributed by atoms with van der Waals surface area (Å²) in [7, 11) is 0. The number of nitrogens with one attached hydrogen (secondary N) is 1. The minimum Gasteiger partial charge on any atom is -0.476 e. The van der Waals surface area contributed by atoms with Crippen molar-refractivity contribution in [3.8, 4) is 0 Å². The largest absolute Gasteiger partial charge is 0.476 e. The van der Waals surface area contributed by atoms with Gasteiger partial charge in [-0.25, -0.2) is 9.78 Å². The van der Waals surface area contributed by atoms with E-state index in [1.54, 1.807) is 6.20 Å². The monoisotopic (exact) mass is 250 g/mol. The van der Waals surface area contributed by atoms with Crippen molar-refractivity contribution in [2.75, 3.05) is 25.0 Å². The fourth-order valence-corrected chi connectivity index (χ4v) is 1.92. The van der Waals surface area contributed by atoms with Crippen molar-refractivity contribution in [2.24, 2.45) is 0 Å². The van der Waals surface area contributed by atoms with Gasteiger partial charge in [0.25, 0.3) is 0 Å². The molecule has 1 aliphatic carbocycles. The lowest BCUT2D eigenvalue weighted by Gasteiger charge is -2.19. The van der Waals surface area contributed by atoms with Gasteiger partial charge in [0.05, 0.1) is 12.4 Å². The molecule has 0 bridgehead atoms. The summed E-state index contributed by atoms with van der Waals surface area (Å²) < 4.78 is 0. The van der Waals surface area contributed by atoms with E-state index in [0.717, 1.165) is 25.7 Å². The molecule has 2 N–H and O–H groups in total. The van der Waals surface area contributed by atoms with Crippen LogP contribution in [0.2, 0.25) is 0 Å². The van der Waals surface area contributed by atoms with Crippen molar-refractivity contribution < 1.29 is 9.90 Å². The van der Waals surface area contributed by atoms with Gasteiger partial charge in [0.1, 0.15) is 5.82 Å². The van der Waals surface area contributed by atoms with Crippen LogP contribution in [0.3, 0.4) is 0 Å². The number of carboxylic acid groups (broad SMARTS) is 1. The Morgan fingerprint density at radius 1 is 1.56 bits per heavy atom. The fraction of sp³-hybridized carbons (Fsp3) is 0.583. The number of anilines is 1. The average molecular weight is 250 g/mol. The maximum atomic E-state index is 10.7. The van der Waals surface area contributed by atoms with E-state index in [1.165, 1.54) is 19.0 Å². The van der Waals surface area contributed by atoms with Crippen molar-refractivity contribution in [3.63, 3.8) is 0 Å². The summed E-state index contributed by atoms with van der Waals surface area (Å²) in [6.07, 6.45) is 5.38. The molecule has 0 aliphatic heterocycles. The summed E-state index contributed by atoms with van der Waals surface area (Å²) in [6, 6.07) is 0.744. The Labute approximate surface area is 106 Å². The Morgan fingerprint density at radius 3 is 2.94 bits per heavy atom. The third-order valence-corrected chi connectivity index (χ3v) is 3.03. The van der Waals surface area contributed by atoms with Crippen LogP contribution in [0.4, 0.5) is 5.82 Å². The van der Waals surface area contributed by atoms with Gasteiger partial charge in [0.2, 0.25) is 0 Å². The smallest absolute Gasteiger partial charge is 0.356 e. The van der Waals surface area contributed by atoms with Gasteiger partial charge in [0, 0.05) is 19.1 Å². The highest BCUT2D eigenvalue weighted by molar-refractivity contribution is 5.85. The van der Waals surface area contributed by atoms with Crippen molar-refractivity contribution in [1.82, 2.24) is 14.9 Å². The van der Waals surface area contributed by atoms with Crippen molar-refractivity contribution in [3.05, 3.63) is 18.1 Å².